The first-order valence-corrected chi connectivity index (χ1v) is 24.5. The molecule has 0 aromatic rings. The van der Waals surface area contributed by atoms with Crippen molar-refractivity contribution in [2.24, 2.45) is 33.5 Å². The molecular formula is C46H73N7O7S. The van der Waals surface area contributed by atoms with Gasteiger partial charge in [0.05, 0.1) is 12.0 Å². The molecule has 4 aliphatic carbocycles. The zero-order chi connectivity index (χ0) is 44.9. The summed E-state index contributed by atoms with van der Waals surface area (Å²) in [6, 6.07) is -3.08. The maximum atomic E-state index is 15.3. The van der Waals surface area contributed by atoms with Crippen molar-refractivity contribution in [1.82, 2.24) is 34.8 Å². The van der Waals surface area contributed by atoms with Gasteiger partial charge in [-0.3, -0.25) is 28.9 Å². The van der Waals surface area contributed by atoms with Gasteiger partial charge in [0.2, 0.25) is 23.6 Å². The highest BCUT2D eigenvalue weighted by Crippen LogP contribution is 2.88. The van der Waals surface area contributed by atoms with Gasteiger partial charge in [-0.15, -0.1) is 6.58 Å². The number of amides is 5. The minimum absolute atomic E-state index is 0.0553. The Kier molecular flexibility index (Phi) is 13.3. The second kappa shape index (κ2) is 17.2. The van der Waals surface area contributed by atoms with Crippen molar-refractivity contribution in [2.45, 2.75) is 175 Å². The molecule has 2 aliphatic heterocycles. The molecule has 0 aromatic carbocycles. The van der Waals surface area contributed by atoms with Gasteiger partial charge < -0.3 is 20.9 Å². The zero-order valence-electron chi connectivity index (χ0n) is 38.2. The SMILES string of the molecule is C=C[C@@H]1C#C[C@]1(NC(=O)[C@@H]1C[C@@]2(CN1C(=O)[C@@H](NC(=O)C(NC(=O)[C@@H]1CCCCN1C(C)C)C1CCCCC1)C(C)(C)C)C(C)(C)C21CCC1)C(=O)NS(=O)(=O)N(CC)CC. The van der Waals surface area contributed by atoms with E-state index in [9.17, 15) is 27.6 Å². The van der Waals surface area contributed by atoms with E-state index in [-0.39, 0.29) is 53.2 Å². The summed E-state index contributed by atoms with van der Waals surface area (Å²) >= 11 is 0. The van der Waals surface area contributed by atoms with Gasteiger partial charge in [0, 0.05) is 31.1 Å². The lowest BCUT2D eigenvalue weighted by atomic mass is 9.73. The molecule has 0 radical (unpaired) electrons. The quantitative estimate of drug-likeness (QED) is 0.141. The van der Waals surface area contributed by atoms with E-state index in [1.807, 2.05) is 20.8 Å². The number of carbonyl (C=O) groups excluding carboxylic acids is 5. The van der Waals surface area contributed by atoms with E-state index in [1.165, 1.54) is 6.08 Å². The van der Waals surface area contributed by atoms with Crippen molar-refractivity contribution in [3.05, 3.63) is 12.7 Å². The van der Waals surface area contributed by atoms with Crippen LogP contribution in [0.15, 0.2) is 12.7 Å². The summed E-state index contributed by atoms with van der Waals surface area (Å²) in [6.07, 6.45) is 12.0. The van der Waals surface area contributed by atoms with Gasteiger partial charge >= 0.3 is 10.2 Å². The topological polar surface area (TPSA) is 177 Å². The first-order valence-electron chi connectivity index (χ1n) is 23.0. The molecule has 14 nitrogen and oxygen atoms in total. The van der Waals surface area contributed by atoms with E-state index >= 15 is 4.79 Å². The molecule has 6 aliphatic rings. The van der Waals surface area contributed by atoms with E-state index in [2.05, 4.69) is 71.7 Å². The molecule has 3 saturated carbocycles. The zero-order valence-corrected chi connectivity index (χ0v) is 39.1. The van der Waals surface area contributed by atoms with Gasteiger partial charge in [0.15, 0.2) is 5.54 Å². The average molecular weight is 868 g/mol. The van der Waals surface area contributed by atoms with Gasteiger partial charge in [-0.2, -0.15) is 12.7 Å². The van der Waals surface area contributed by atoms with Gasteiger partial charge in [0.25, 0.3) is 5.91 Å². The molecule has 2 spiro atoms. The molecule has 4 N–H and O–H groups in total. The molecule has 2 heterocycles. The van der Waals surface area contributed by atoms with Crippen LogP contribution in [0.1, 0.15) is 139 Å². The van der Waals surface area contributed by atoms with Crippen molar-refractivity contribution >= 4 is 39.7 Å². The molecule has 15 heteroatoms. The Morgan fingerprint density at radius 1 is 0.885 bits per heavy atom. The lowest BCUT2D eigenvalue weighted by Crippen LogP contribution is -2.68. The summed E-state index contributed by atoms with van der Waals surface area (Å²) in [6.45, 7) is 22.8. The number of nitrogens with zero attached hydrogens (tertiary/aromatic N) is 3. The number of fused-ring (bicyclic) bond motifs is 1. The van der Waals surface area contributed by atoms with Crippen LogP contribution in [0.2, 0.25) is 0 Å². The first-order chi connectivity index (χ1) is 28.6. The fourth-order valence-corrected chi connectivity index (χ4v) is 13.3. The third-order valence-electron chi connectivity index (χ3n) is 16.1. The van der Waals surface area contributed by atoms with E-state index in [0.717, 1.165) is 81.5 Å². The predicted octanol–water partition coefficient (Wildman–Crippen LogP) is 4.02. The Morgan fingerprint density at radius 3 is 2.03 bits per heavy atom. The summed E-state index contributed by atoms with van der Waals surface area (Å²) in [7, 11) is -4.26. The van der Waals surface area contributed by atoms with Crippen LogP contribution in [0.3, 0.4) is 0 Å². The molecule has 61 heavy (non-hydrogen) atoms. The molecule has 1 unspecified atom stereocenters. The summed E-state index contributed by atoms with van der Waals surface area (Å²) in [5.74, 6) is 2.06. The number of piperidine rings is 1. The van der Waals surface area contributed by atoms with Crippen LogP contribution in [0.4, 0.5) is 0 Å². The smallest absolute Gasteiger partial charge is 0.303 e. The highest BCUT2D eigenvalue weighted by Gasteiger charge is 2.85. The molecule has 0 bridgehead atoms. The third kappa shape index (κ3) is 8.04. The second-order valence-electron chi connectivity index (χ2n) is 20.7. The van der Waals surface area contributed by atoms with Crippen molar-refractivity contribution in [3.63, 3.8) is 0 Å². The minimum Gasteiger partial charge on any atom is -0.343 e. The standard InChI is InChI=1S/C46H73N7O7S/c1-11-32-23-26-46(32,41(58)50-61(59,60)51(12-2)13-3)49-38(55)34-28-45(43(9,10)44(45)24-19-25-44)29-53(34)40(57)36(42(6,7)8)48-39(56)35(31-20-15-14-16-21-31)47-37(54)33-22-17-18-27-52(33)30(4)5/h11,30-36H,1,12-22,24-25,27-29H2,2-10H3,(H,47,54)(H,48,56)(H,49,55)(H,50,58)/t32-,33+,34+,35?,36-,45-,46-/m1/s1. The molecular weight excluding hydrogens is 795 g/mol. The van der Waals surface area contributed by atoms with Crippen LogP contribution in [0.5, 0.6) is 0 Å². The molecule has 2 saturated heterocycles. The van der Waals surface area contributed by atoms with E-state index < -0.39 is 68.8 Å². The van der Waals surface area contributed by atoms with E-state index in [0.29, 0.717) is 13.0 Å². The largest absolute Gasteiger partial charge is 0.343 e. The van der Waals surface area contributed by atoms with Gasteiger partial charge in [-0.1, -0.05) is 98.5 Å². The Hall–Kier alpha value is -3.48. The fourth-order valence-electron chi connectivity index (χ4n) is 12.1. The van der Waals surface area contributed by atoms with Crippen LogP contribution in [0.25, 0.3) is 0 Å². The molecule has 6 rings (SSSR count). The number of hydrogen-bond acceptors (Lipinski definition) is 8. The third-order valence-corrected chi connectivity index (χ3v) is 17.7. The number of hydrogen-bond donors (Lipinski definition) is 4. The summed E-state index contributed by atoms with van der Waals surface area (Å²) in [5.41, 5.74) is -3.35. The maximum absolute atomic E-state index is 15.3. The van der Waals surface area contributed by atoms with Crippen molar-refractivity contribution in [2.75, 3.05) is 26.2 Å². The highest BCUT2D eigenvalue weighted by molar-refractivity contribution is 7.87. The average Bonchev–Trinajstić information content (AvgIpc) is 3.38. The van der Waals surface area contributed by atoms with Gasteiger partial charge in [0.1, 0.15) is 18.1 Å². The normalized spacial score (nSPS) is 30.3. The molecule has 7 atom stereocenters. The van der Waals surface area contributed by atoms with E-state index in [1.54, 1.807) is 18.7 Å². The van der Waals surface area contributed by atoms with E-state index in [4.69, 9.17) is 0 Å². The van der Waals surface area contributed by atoms with Crippen LogP contribution in [-0.4, -0.2) is 114 Å². The molecule has 5 amide bonds. The Morgan fingerprint density at radius 2 is 1.52 bits per heavy atom. The lowest BCUT2D eigenvalue weighted by Gasteiger charge is -2.40. The number of nitrogens with one attached hydrogen (secondary N) is 4. The molecule has 5 fully saturated rings. The monoisotopic (exact) mass is 868 g/mol. The number of likely N-dealkylation sites (tertiary alicyclic amines) is 2. The Labute approximate surface area is 365 Å². The molecule has 0 aromatic heterocycles. The maximum Gasteiger partial charge on any atom is 0.303 e. The molecule has 340 valence electrons. The van der Waals surface area contributed by atoms with Gasteiger partial charge in [-0.05, 0) is 87.5 Å². The number of carbonyl (C=O) groups is 5. The predicted molar refractivity (Wildman–Crippen MR) is 234 cm³/mol. The van der Waals surface area contributed by atoms with Crippen molar-refractivity contribution in [1.29, 1.82) is 0 Å². The minimum atomic E-state index is -4.26. The van der Waals surface area contributed by atoms with Crippen LogP contribution >= 0.6 is 0 Å². The number of rotatable bonds is 15. The van der Waals surface area contributed by atoms with Gasteiger partial charge in [-0.25, -0.2) is 4.72 Å². The fraction of sp³-hybridized carbons (Fsp3) is 0.804. The summed E-state index contributed by atoms with van der Waals surface area (Å²) in [4.78, 5) is 76.8. The van der Waals surface area contributed by atoms with Crippen molar-refractivity contribution < 1.29 is 32.4 Å². The summed E-state index contributed by atoms with van der Waals surface area (Å²) < 4.78 is 29.7. The summed E-state index contributed by atoms with van der Waals surface area (Å²) in [5, 5.41) is 9.18. The Balaban J connectivity index is 1.30. The first kappa shape index (κ1) is 47.0. The van der Waals surface area contributed by atoms with Crippen molar-refractivity contribution in [3.8, 4) is 11.8 Å². The Bertz CT molecular complexity index is 1920. The lowest BCUT2D eigenvalue weighted by molar-refractivity contribution is -0.145. The highest BCUT2D eigenvalue weighted by atomic mass is 32.2. The van der Waals surface area contributed by atoms with Crippen LogP contribution in [-0.2, 0) is 34.2 Å². The van der Waals surface area contributed by atoms with Crippen LogP contribution in [0, 0.1) is 45.3 Å². The van der Waals surface area contributed by atoms with Crippen LogP contribution < -0.4 is 20.7 Å². The second-order valence-corrected chi connectivity index (χ2v) is 22.3.